The van der Waals surface area contributed by atoms with Crippen molar-refractivity contribution in [2.24, 2.45) is 0 Å². The molecule has 0 bridgehead atoms. The second kappa shape index (κ2) is 8.32. The van der Waals surface area contributed by atoms with Crippen LogP contribution in [0.25, 0.3) is 0 Å². The van der Waals surface area contributed by atoms with Gasteiger partial charge < -0.3 is 0 Å². The van der Waals surface area contributed by atoms with Crippen LogP contribution in [0, 0.1) is 27.7 Å². The van der Waals surface area contributed by atoms with Gasteiger partial charge in [0.15, 0.2) is 0 Å². The molecule has 1 heterocycles. The molecule has 8 heteroatoms. The Morgan fingerprint density at radius 2 is 1.47 bits per heavy atom. The first-order valence-corrected chi connectivity index (χ1v) is 13.1. The molecule has 1 saturated heterocycles. The number of anilines is 1. The van der Waals surface area contributed by atoms with E-state index >= 15 is 0 Å². The van der Waals surface area contributed by atoms with Gasteiger partial charge in [0.1, 0.15) is 0 Å². The van der Waals surface area contributed by atoms with Crippen LogP contribution in [0.2, 0.25) is 0 Å². The number of nitrogens with zero attached hydrogens (tertiary/aromatic N) is 1. The Balaban J connectivity index is 1.89. The second-order valence-corrected chi connectivity index (χ2v) is 11.7. The number of benzene rings is 2. The molecule has 6 nitrogen and oxygen atoms in total. The van der Waals surface area contributed by atoms with Gasteiger partial charge in [-0.05, 0) is 94.0 Å². The van der Waals surface area contributed by atoms with Gasteiger partial charge in [0.2, 0.25) is 10.0 Å². The third-order valence-electron chi connectivity index (χ3n) is 6.02. The summed E-state index contributed by atoms with van der Waals surface area (Å²) in [5.74, 6) is 0. The Kier molecular flexibility index (Phi) is 6.32. The minimum atomic E-state index is -3.81. The van der Waals surface area contributed by atoms with Gasteiger partial charge in [-0.1, -0.05) is 12.5 Å². The van der Waals surface area contributed by atoms with Gasteiger partial charge in [-0.3, -0.25) is 4.72 Å². The third-order valence-corrected chi connectivity index (χ3v) is 9.70. The van der Waals surface area contributed by atoms with E-state index in [0.717, 1.165) is 30.4 Å². The van der Waals surface area contributed by atoms with Gasteiger partial charge in [0, 0.05) is 18.3 Å². The average Bonchev–Trinajstić information content (AvgIpc) is 2.66. The molecule has 164 valence electrons. The fourth-order valence-electron chi connectivity index (χ4n) is 4.05. The summed E-state index contributed by atoms with van der Waals surface area (Å²) >= 11 is 0. The number of nitrogens with one attached hydrogen (secondary N) is 1. The monoisotopic (exact) mass is 450 g/mol. The van der Waals surface area contributed by atoms with Crippen LogP contribution in [0.5, 0.6) is 0 Å². The second-order valence-electron chi connectivity index (χ2n) is 8.18. The van der Waals surface area contributed by atoms with Crippen LogP contribution in [0.4, 0.5) is 5.69 Å². The highest BCUT2D eigenvalue weighted by Gasteiger charge is 2.31. The number of sulfonamides is 2. The van der Waals surface area contributed by atoms with E-state index in [1.165, 1.54) is 28.6 Å². The van der Waals surface area contributed by atoms with E-state index in [-0.39, 0.29) is 15.8 Å². The number of hydrogen-bond donors (Lipinski definition) is 1. The summed E-state index contributed by atoms with van der Waals surface area (Å²) in [7, 11) is -7.40. The molecule has 0 spiro atoms. The molecule has 0 aliphatic carbocycles. The Hall–Kier alpha value is -1.90. The first-order chi connectivity index (χ1) is 13.9. The predicted molar refractivity (Wildman–Crippen MR) is 120 cm³/mol. The van der Waals surface area contributed by atoms with Gasteiger partial charge in [0.05, 0.1) is 9.79 Å². The molecule has 0 saturated carbocycles. The third kappa shape index (κ3) is 4.26. The summed E-state index contributed by atoms with van der Waals surface area (Å²) in [6, 6.07) is 7.90. The van der Waals surface area contributed by atoms with Crippen molar-refractivity contribution < 1.29 is 16.8 Å². The fraction of sp³-hybridized carbons (Fsp3) is 0.455. The topological polar surface area (TPSA) is 83.5 Å². The molecule has 1 atom stereocenters. The number of piperidine rings is 1. The van der Waals surface area contributed by atoms with Crippen LogP contribution in [-0.2, 0) is 20.0 Å². The number of rotatable bonds is 5. The van der Waals surface area contributed by atoms with Crippen molar-refractivity contribution in [2.45, 2.75) is 69.7 Å². The minimum Gasteiger partial charge on any atom is -0.280 e. The highest BCUT2D eigenvalue weighted by molar-refractivity contribution is 7.92. The van der Waals surface area contributed by atoms with Crippen LogP contribution in [-0.4, -0.2) is 33.7 Å². The predicted octanol–water partition coefficient (Wildman–Crippen LogP) is 4.28. The first kappa shape index (κ1) is 22.8. The Morgan fingerprint density at radius 3 is 2.00 bits per heavy atom. The molecule has 1 aliphatic rings. The largest absolute Gasteiger partial charge is 0.280 e. The molecule has 1 fully saturated rings. The molecule has 2 aromatic rings. The first-order valence-electron chi connectivity index (χ1n) is 10.2. The van der Waals surface area contributed by atoms with Crippen molar-refractivity contribution in [2.75, 3.05) is 11.3 Å². The molecule has 2 aromatic carbocycles. The van der Waals surface area contributed by atoms with E-state index in [1.807, 2.05) is 26.8 Å². The average molecular weight is 451 g/mol. The lowest BCUT2D eigenvalue weighted by Gasteiger charge is -2.32. The van der Waals surface area contributed by atoms with E-state index in [1.54, 1.807) is 13.8 Å². The highest BCUT2D eigenvalue weighted by atomic mass is 32.2. The lowest BCUT2D eigenvalue weighted by Crippen LogP contribution is -2.41. The van der Waals surface area contributed by atoms with Crippen molar-refractivity contribution in [3.63, 3.8) is 0 Å². The Bertz CT molecular complexity index is 1130. The van der Waals surface area contributed by atoms with Crippen molar-refractivity contribution >= 4 is 25.7 Å². The van der Waals surface area contributed by atoms with Gasteiger partial charge in [-0.25, -0.2) is 16.8 Å². The lowest BCUT2D eigenvalue weighted by atomic mass is 10.0. The van der Waals surface area contributed by atoms with Crippen molar-refractivity contribution in [1.82, 2.24) is 4.31 Å². The van der Waals surface area contributed by atoms with Crippen molar-refractivity contribution in [1.29, 1.82) is 0 Å². The van der Waals surface area contributed by atoms with Crippen LogP contribution >= 0.6 is 0 Å². The summed E-state index contributed by atoms with van der Waals surface area (Å²) in [4.78, 5) is 0.455. The molecule has 3 rings (SSSR count). The molecule has 1 unspecified atom stereocenters. The summed E-state index contributed by atoms with van der Waals surface area (Å²) in [6.07, 6.45) is 2.74. The lowest BCUT2D eigenvalue weighted by molar-refractivity contribution is 0.268. The van der Waals surface area contributed by atoms with Crippen LogP contribution in [0.3, 0.4) is 0 Å². The van der Waals surface area contributed by atoms with Crippen LogP contribution in [0.15, 0.2) is 40.1 Å². The molecule has 0 aromatic heterocycles. The fourth-order valence-corrected chi connectivity index (χ4v) is 7.43. The molecular formula is C22H30N2O4S2. The molecule has 1 N–H and O–H groups in total. The molecule has 0 amide bonds. The molecule has 0 radical (unpaired) electrons. The SMILES string of the molecule is Cc1cc(C)c(C)c(S(=O)(=O)Nc2ccc(S(=O)(=O)N3CCCCC3C)cc2)c1C. The van der Waals surface area contributed by atoms with Gasteiger partial charge in [0.25, 0.3) is 10.0 Å². The van der Waals surface area contributed by atoms with Gasteiger partial charge >= 0.3 is 0 Å². The van der Waals surface area contributed by atoms with Gasteiger partial charge in [-0.15, -0.1) is 0 Å². The summed E-state index contributed by atoms with van der Waals surface area (Å²) < 4.78 is 56.2. The number of hydrogen-bond acceptors (Lipinski definition) is 4. The Labute approximate surface area is 180 Å². The maximum atomic E-state index is 13.1. The molecule has 30 heavy (non-hydrogen) atoms. The summed E-state index contributed by atoms with van der Waals surface area (Å²) in [5.41, 5.74) is 3.58. The van der Waals surface area contributed by atoms with Crippen molar-refractivity contribution in [3.05, 3.63) is 52.6 Å². The van der Waals surface area contributed by atoms with E-state index in [4.69, 9.17) is 0 Å². The van der Waals surface area contributed by atoms with E-state index in [9.17, 15) is 16.8 Å². The smallest absolute Gasteiger partial charge is 0.262 e. The minimum absolute atomic E-state index is 0.0301. The quantitative estimate of drug-likeness (QED) is 0.737. The van der Waals surface area contributed by atoms with Crippen molar-refractivity contribution in [3.8, 4) is 0 Å². The highest BCUT2D eigenvalue weighted by Crippen LogP contribution is 2.29. The molecular weight excluding hydrogens is 420 g/mol. The Morgan fingerprint density at radius 1 is 0.900 bits per heavy atom. The molecule has 1 aliphatic heterocycles. The summed E-state index contributed by atoms with van der Waals surface area (Å²) in [5, 5.41) is 0. The zero-order valence-electron chi connectivity index (χ0n) is 18.2. The van der Waals surface area contributed by atoms with E-state index in [0.29, 0.717) is 23.4 Å². The zero-order valence-corrected chi connectivity index (χ0v) is 19.8. The van der Waals surface area contributed by atoms with Gasteiger partial charge in [-0.2, -0.15) is 4.31 Å². The van der Waals surface area contributed by atoms with Crippen LogP contribution < -0.4 is 4.72 Å². The maximum Gasteiger partial charge on any atom is 0.262 e. The normalized spacial score (nSPS) is 18.4. The maximum absolute atomic E-state index is 13.1. The van der Waals surface area contributed by atoms with E-state index in [2.05, 4.69) is 4.72 Å². The standard InChI is InChI=1S/C22H30N2O4S2/c1-15-14-16(2)19(5)22(18(15)4)29(25,26)23-20-9-11-21(12-10-20)30(27,28)24-13-7-6-8-17(24)3/h9-12,14,17,23H,6-8,13H2,1-5H3. The summed E-state index contributed by atoms with van der Waals surface area (Å²) in [6.45, 7) is 9.82. The van der Waals surface area contributed by atoms with Crippen LogP contribution in [0.1, 0.15) is 48.4 Å². The van der Waals surface area contributed by atoms with E-state index < -0.39 is 20.0 Å². The zero-order chi connectivity index (χ0) is 22.3. The number of aryl methyl sites for hydroxylation is 2.